The highest BCUT2D eigenvalue weighted by Gasteiger charge is 2.37. The molecule has 3 aliphatic rings. The molecule has 0 N–H and O–H groups in total. The van der Waals surface area contributed by atoms with Crippen molar-refractivity contribution >= 4 is 0 Å². The van der Waals surface area contributed by atoms with E-state index in [1.165, 1.54) is 89.0 Å². The van der Waals surface area contributed by atoms with E-state index in [9.17, 15) is 0 Å². The zero-order chi connectivity index (χ0) is 20.2. The molecule has 0 aliphatic heterocycles. The van der Waals surface area contributed by atoms with Crippen molar-refractivity contribution in [2.45, 2.75) is 116 Å². The molecule has 4 rings (SSSR count). The summed E-state index contributed by atoms with van der Waals surface area (Å²) in [6.45, 7) is 4.59. The van der Waals surface area contributed by atoms with Crippen LogP contribution in [-0.2, 0) is 12.8 Å². The van der Waals surface area contributed by atoms with E-state index in [2.05, 4.69) is 26.0 Å². The van der Waals surface area contributed by atoms with E-state index < -0.39 is 0 Å². The van der Waals surface area contributed by atoms with Crippen LogP contribution in [-0.4, -0.2) is 0 Å². The van der Waals surface area contributed by atoms with Gasteiger partial charge in [-0.1, -0.05) is 70.9 Å². The van der Waals surface area contributed by atoms with Crippen LogP contribution in [0.15, 0.2) is 12.1 Å². The monoisotopic (exact) mass is 398 g/mol. The first-order valence-corrected chi connectivity index (χ1v) is 13.0. The van der Waals surface area contributed by atoms with Crippen molar-refractivity contribution in [2.75, 3.05) is 0 Å². The number of benzene rings is 1. The van der Waals surface area contributed by atoms with Crippen LogP contribution in [0.2, 0.25) is 0 Å². The Morgan fingerprint density at radius 2 is 1.55 bits per heavy atom. The molecule has 0 aromatic heterocycles. The van der Waals surface area contributed by atoms with Crippen molar-refractivity contribution in [3.05, 3.63) is 34.6 Å². The molecule has 29 heavy (non-hydrogen) atoms. The fourth-order valence-electron chi connectivity index (χ4n) is 6.98. The van der Waals surface area contributed by atoms with E-state index in [0.717, 1.165) is 47.6 Å². The van der Waals surface area contributed by atoms with Crippen molar-refractivity contribution in [3.63, 3.8) is 0 Å². The standard InChI is InChI=1S/C28H43F/c1-3-5-7-20-9-11-23-19-25(13-12-22(23)17-20)27-16-14-24-18-21(8-6-4-2)10-15-26(24)28(27)29/h14,16,20-23,25H,3-13,15,17-19H2,1-2H3. The number of halogens is 1. The molecule has 0 radical (unpaired) electrons. The molecular formula is C28H43F. The van der Waals surface area contributed by atoms with E-state index >= 15 is 4.39 Å². The minimum Gasteiger partial charge on any atom is -0.206 e. The SMILES string of the molecule is CCCCC1CCc2c(ccc(C3CCC4CC(CCCC)CCC4C3)c2F)C1. The van der Waals surface area contributed by atoms with Crippen LogP contribution in [0.3, 0.4) is 0 Å². The molecule has 0 spiro atoms. The summed E-state index contributed by atoms with van der Waals surface area (Å²) in [6, 6.07) is 4.49. The Labute approximate surface area is 179 Å². The van der Waals surface area contributed by atoms with E-state index in [4.69, 9.17) is 0 Å². The highest BCUT2D eigenvalue weighted by Crippen LogP contribution is 2.49. The average molecular weight is 399 g/mol. The van der Waals surface area contributed by atoms with Gasteiger partial charge in [-0.05, 0) is 97.6 Å². The van der Waals surface area contributed by atoms with E-state index in [1.807, 2.05) is 0 Å². The van der Waals surface area contributed by atoms with Gasteiger partial charge in [0.2, 0.25) is 0 Å². The van der Waals surface area contributed by atoms with E-state index in [1.54, 1.807) is 0 Å². The highest BCUT2D eigenvalue weighted by molar-refractivity contribution is 5.38. The van der Waals surface area contributed by atoms with Gasteiger partial charge >= 0.3 is 0 Å². The van der Waals surface area contributed by atoms with Crippen molar-refractivity contribution in [1.29, 1.82) is 0 Å². The molecule has 1 heteroatoms. The summed E-state index contributed by atoms with van der Waals surface area (Å²) in [7, 11) is 0. The second-order valence-corrected chi connectivity index (χ2v) is 10.7. The molecule has 0 amide bonds. The fraction of sp³-hybridized carbons (Fsp3) is 0.786. The summed E-state index contributed by atoms with van der Waals surface area (Å²) < 4.78 is 15.5. The average Bonchev–Trinajstić information content (AvgIpc) is 2.76. The molecular weight excluding hydrogens is 355 g/mol. The number of rotatable bonds is 7. The van der Waals surface area contributed by atoms with Crippen molar-refractivity contribution < 1.29 is 4.39 Å². The van der Waals surface area contributed by atoms with Gasteiger partial charge in [-0.2, -0.15) is 0 Å². The summed E-state index contributed by atoms with van der Waals surface area (Å²) in [5.41, 5.74) is 3.48. The fourth-order valence-corrected chi connectivity index (χ4v) is 6.98. The quantitative estimate of drug-likeness (QED) is 0.431. The zero-order valence-electron chi connectivity index (χ0n) is 19.0. The van der Waals surface area contributed by atoms with Gasteiger partial charge in [0.05, 0.1) is 0 Å². The molecule has 0 nitrogen and oxygen atoms in total. The van der Waals surface area contributed by atoms with Gasteiger partial charge in [-0.15, -0.1) is 0 Å². The maximum atomic E-state index is 15.5. The van der Waals surface area contributed by atoms with Crippen LogP contribution >= 0.6 is 0 Å². The lowest BCUT2D eigenvalue weighted by atomic mass is 9.63. The van der Waals surface area contributed by atoms with Crippen LogP contribution in [0.1, 0.15) is 120 Å². The summed E-state index contributed by atoms with van der Waals surface area (Å²) >= 11 is 0. The lowest BCUT2D eigenvalue weighted by Gasteiger charge is -2.42. The largest absolute Gasteiger partial charge is 0.206 e. The van der Waals surface area contributed by atoms with Crippen LogP contribution < -0.4 is 0 Å². The van der Waals surface area contributed by atoms with Gasteiger partial charge in [0.25, 0.3) is 0 Å². The van der Waals surface area contributed by atoms with Gasteiger partial charge in [-0.3, -0.25) is 0 Å². The van der Waals surface area contributed by atoms with Crippen LogP contribution in [0.5, 0.6) is 0 Å². The number of hydrogen-bond donors (Lipinski definition) is 0. The van der Waals surface area contributed by atoms with Crippen molar-refractivity contribution in [3.8, 4) is 0 Å². The maximum absolute atomic E-state index is 15.5. The molecule has 162 valence electrons. The minimum absolute atomic E-state index is 0.191. The Hall–Kier alpha value is -0.850. The molecule has 2 fully saturated rings. The number of hydrogen-bond acceptors (Lipinski definition) is 0. The van der Waals surface area contributed by atoms with Gasteiger partial charge in [0, 0.05) is 0 Å². The maximum Gasteiger partial charge on any atom is 0.130 e. The molecule has 1 aromatic carbocycles. The minimum atomic E-state index is 0.191. The predicted octanol–water partition coefficient (Wildman–Crippen LogP) is 8.61. The third-order valence-electron chi connectivity index (χ3n) is 8.77. The third-order valence-corrected chi connectivity index (χ3v) is 8.77. The Morgan fingerprint density at radius 1 is 0.828 bits per heavy atom. The van der Waals surface area contributed by atoms with Crippen LogP contribution in [0.25, 0.3) is 0 Å². The van der Waals surface area contributed by atoms with Crippen molar-refractivity contribution in [2.24, 2.45) is 23.7 Å². The molecule has 5 atom stereocenters. The molecule has 0 heterocycles. The zero-order valence-corrected chi connectivity index (χ0v) is 19.0. The Morgan fingerprint density at radius 3 is 2.34 bits per heavy atom. The van der Waals surface area contributed by atoms with Gasteiger partial charge in [-0.25, -0.2) is 4.39 Å². The first kappa shape index (κ1) is 21.4. The Kier molecular flexibility index (Phi) is 7.35. The predicted molar refractivity (Wildman–Crippen MR) is 122 cm³/mol. The Bertz CT molecular complexity index is 663. The molecule has 0 bridgehead atoms. The van der Waals surface area contributed by atoms with E-state index in [-0.39, 0.29) is 5.82 Å². The summed E-state index contributed by atoms with van der Waals surface area (Å²) in [5.74, 6) is 4.23. The first-order valence-electron chi connectivity index (χ1n) is 13.0. The smallest absolute Gasteiger partial charge is 0.130 e. The molecule has 5 unspecified atom stereocenters. The lowest BCUT2D eigenvalue weighted by molar-refractivity contribution is 0.112. The van der Waals surface area contributed by atoms with Crippen molar-refractivity contribution in [1.82, 2.24) is 0 Å². The molecule has 2 saturated carbocycles. The summed E-state index contributed by atoms with van der Waals surface area (Å²) in [5, 5.41) is 0. The van der Waals surface area contributed by atoms with Crippen LogP contribution in [0, 0.1) is 29.5 Å². The molecule has 1 aromatic rings. The third kappa shape index (κ3) is 4.91. The van der Waals surface area contributed by atoms with E-state index in [0.29, 0.717) is 5.92 Å². The van der Waals surface area contributed by atoms with Gasteiger partial charge in [0.15, 0.2) is 0 Å². The Balaban J connectivity index is 1.39. The first-order chi connectivity index (χ1) is 14.2. The summed E-state index contributed by atoms with van der Waals surface area (Å²) in [4.78, 5) is 0. The topological polar surface area (TPSA) is 0 Å². The van der Waals surface area contributed by atoms with Crippen LogP contribution in [0.4, 0.5) is 4.39 Å². The molecule has 0 saturated heterocycles. The lowest BCUT2D eigenvalue weighted by Crippen LogP contribution is -2.31. The highest BCUT2D eigenvalue weighted by atomic mass is 19.1. The normalized spacial score (nSPS) is 31.9. The number of fused-ring (bicyclic) bond motifs is 2. The number of unbranched alkanes of at least 4 members (excludes halogenated alkanes) is 2. The summed E-state index contributed by atoms with van der Waals surface area (Å²) in [6.07, 6.45) is 19.5. The van der Waals surface area contributed by atoms with Gasteiger partial charge < -0.3 is 0 Å². The molecule has 3 aliphatic carbocycles. The second-order valence-electron chi connectivity index (χ2n) is 10.7. The van der Waals surface area contributed by atoms with Gasteiger partial charge in [0.1, 0.15) is 5.82 Å². The second kappa shape index (κ2) is 9.97.